The molecule has 0 aliphatic carbocycles. The average Bonchev–Trinajstić information content (AvgIpc) is 2.65. The number of benzene rings is 1. The molecule has 0 radical (unpaired) electrons. The number of aryl methyl sites for hydroxylation is 2. The number of hydrogen-bond acceptors (Lipinski definition) is 4. The molecule has 2 amide bonds. The van der Waals surface area contributed by atoms with E-state index in [1.807, 2.05) is 32.0 Å². The van der Waals surface area contributed by atoms with Gasteiger partial charge in [0.15, 0.2) is 0 Å². The zero-order valence-corrected chi connectivity index (χ0v) is 11.3. The fourth-order valence-corrected chi connectivity index (χ4v) is 2.41. The van der Waals surface area contributed by atoms with Gasteiger partial charge in [0.25, 0.3) is 5.24 Å². The van der Waals surface area contributed by atoms with Crippen LogP contribution in [-0.2, 0) is 4.79 Å². The summed E-state index contributed by atoms with van der Waals surface area (Å²) in [6.45, 7) is 4.71. The van der Waals surface area contributed by atoms with Crippen molar-refractivity contribution in [2.75, 3.05) is 18.9 Å². The van der Waals surface area contributed by atoms with Gasteiger partial charge in [0.1, 0.15) is 12.4 Å². The Morgan fingerprint density at radius 3 is 2.67 bits per heavy atom. The molecule has 1 aromatic rings. The molecule has 5 heteroatoms. The van der Waals surface area contributed by atoms with E-state index in [0.29, 0.717) is 13.2 Å². The predicted molar refractivity (Wildman–Crippen MR) is 71.0 cm³/mol. The van der Waals surface area contributed by atoms with Crippen LogP contribution in [0.25, 0.3) is 0 Å². The van der Waals surface area contributed by atoms with Gasteiger partial charge in [-0.1, -0.05) is 17.8 Å². The monoisotopic (exact) mass is 265 g/mol. The van der Waals surface area contributed by atoms with E-state index in [-0.39, 0.29) is 16.9 Å². The Balaban J connectivity index is 1.86. The summed E-state index contributed by atoms with van der Waals surface area (Å²) in [4.78, 5) is 23.9. The number of thioether (sulfide) groups is 1. The lowest BCUT2D eigenvalue weighted by molar-refractivity contribution is -0.124. The maximum atomic E-state index is 11.4. The van der Waals surface area contributed by atoms with Gasteiger partial charge in [-0.2, -0.15) is 0 Å². The second-order valence-electron chi connectivity index (χ2n) is 4.19. The summed E-state index contributed by atoms with van der Waals surface area (Å²) in [6.07, 6.45) is 0. The molecule has 0 aromatic heterocycles. The second kappa shape index (κ2) is 5.44. The first-order chi connectivity index (χ1) is 8.58. The third-order valence-electron chi connectivity index (χ3n) is 2.90. The first-order valence-electron chi connectivity index (χ1n) is 5.75. The number of hydrogen-bond donors (Lipinski definition) is 0. The normalized spacial score (nSPS) is 15.3. The van der Waals surface area contributed by atoms with Crippen LogP contribution in [-0.4, -0.2) is 35.0 Å². The van der Waals surface area contributed by atoms with Crippen molar-refractivity contribution in [2.24, 2.45) is 0 Å². The number of imide groups is 1. The van der Waals surface area contributed by atoms with Gasteiger partial charge in [0.05, 0.1) is 12.3 Å². The first kappa shape index (κ1) is 13.0. The summed E-state index contributed by atoms with van der Waals surface area (Å²) in [5, 5.41) is -0.177. The fraction of sp³-hybridized carbons (Fsp3) is 0.385. The van der Waals surface area contributed by atoms with Crippen LogP contribution in [0.4, 0.5) is 4.79 Å². The van der Waals surface area contributed by atoms with Gasteiger partial charge in [-0.25, -0.2) is 0 Å². The Hall–Kier alpha value is -1.49. The minimum absolute atomic E-state index is 0.131. The van der Waals surface area contributed by atoms with Crippen LogP contribution >= 0.6 is 11.8 Å². The molecule has 0 saturated carbocycles. The number of nitrogens with zero attached hydrogens (tertiary/aromatic N) is 1. The molecule has 1 saturated heterocycles. The van der Waals surface area contributed by atoms with Gasteiger partial charge in [-0.3, -0.25) is 14.5 Å². The molecule has 1 aromatic carbocycles. The lowest BCUT2D eigenvalue weighted by Gasteiger charge is -2.13. The molecule has 0 N–H and O–H groups in total. The summed E-state index contributed by atoms with van der Waals surface area (Å²) in [6, 6.07) is 5.84. The summed E-state index contributed by atoms with van der Waals surface area (Å²) < 4.78 is 5.55. The molecule has 4 nitrogen and oxygen atoms in total. The van der Waals surface area contributed by atoms with E-state index >= 15 is 0 Å². The van der Waals surface area contributed by atoms with Gasteiger partial charge in [0, 0.05) is 0 Å². The second-order valence-corrected chi connectivity index (χ2v) is 5.12. The SMILES string of the molecule is Cc1ccc(OCCN2C(=O)CSC2=O)cc1C. The average molecular weight is 265 g/mol. The third kappa shape index (κ3) is 2.85. The zero-order chi connectivity index (χ0) is 13.1. The molecule has 0 atom stereocenters. The lowest BCUT2D eigenvalue weighted by atomic mass is 10.1. The van der Waals surface area contributed by atoms with Crippen LogP contribution in [0.2, 0.25) is 0 Å². The van der Waals surface area contributed by atoms with E-state index in [2.05, 4.69) is 0 Å². The third-order valence-corrected chi connectivity index (χ3v) is 3.76. The number of amides is 2. The minimum atomic E-state index is -0.177. The highest BCUT2D eigenvalue weighted by molar-refractivity contribution is 8.14. The molecule has 1 heterocycles. The van der Waals surface area contributed by atoms with Crippen molar-refractivity contribution >= 4 is 22.9 Å². The smallest absolute Gasteiger partial charge is 0.288 e. The van der Waals surface area contributed by atoms with Crippen LogP contribution in [0.3, 0.4) is 0 Å². The van der Waals surface area contributed by atoms with Gasteiger partial charge in [-0.15, -0.1) is 0 Å². The standard InChI is InChI=1S/C13H15NO3S/c1-9-3-4-11(7-10(9)2)17-6-5-14-12(15)8-18-13(14)16/h3-4,7H,5-6,8H2,1-2H3. The number of ether oxygens (including phenoxy) is 1. The zero-order valence-electron chi connectivity index (χ0n) is 10.4. The Bertz CT molecular complexity index is 471. The first-order valence-corrected chi connectivity index (χ1v) is 6.73. The fourth-order valence-electron chi connectivity index (χ4n) is 1.66. The minimum Gasteiger partial charge on any atom is -0.492 e. The highest BCUT2D eigenvalue weighted by atomic mass is 32.2. The topological polar surface area (TPSA) is 46.6 Å². The van der Waals surface area contributed by atoms with Gasteiger partial charge in [0.2, 0.25) is 5.91 Å². The number of carbonyl (C=O) groups is 2. The van der Waals surface area contributed by atoms with Crippen LogP contribution in [0.15, 0.2) is 18.2 Å². The molecule has 0 unspecified atom stereocenters. The van der Waals surface area contributed by atoms with E-state index in [1.54, 1.807) is 0 Å². The van der Waals surface area contributed by atoms with Gasteiger partial charge < -0.3 is 4.74 Å². The van der Waals surface area contributed by atoms with Crippen molar-refractivity contribution in [3.05, 3.63) is 29.3 Å². The van der Waals surface area contributed by atoms with E-state index in [4.69, 9.17) is 4.74 Å². The highest BCUT2D eigenvalue weighted by Crippen LogP contribution is 2.19. The van der Waals surface area contributed by atoms with Gasteiger partial charge in [-0.05, 0) is 37.1 Å². The summed E-state index contributed by atoms with van der Waals surface area (Å²) in [7, 11) is 0. The van der Waals surface area contributed by atoms with E-state index in [9.17, 15) is 9.59 Å². The predicted octanol–water partition coefficient (Wildman–Crippen LogP) is 2.38. The van der Waals surface area contributed by atoms with Crippen molar-refractivity contribution in [3.63, 3.8) is 0 Å². The molecule has 1 aliphatic heterocycles. The molecule has 1 aliphatic rings. The quantitative estimate of drug-likeness (QED) is 0.838. The van der Waals surface area contributed by atoms with Crippen LogP contribution in [0.5, 0.6) is 5.75 Å². The highest BCUT2D eigenvalue weighted by Gasteiger charge is 2.29. The number of rotatable bonds is 4. The van der Waals surface area contributed by atoms with Crippen molar-refractivity contribution in [1.29, 1.82) is 0 Å². The Kier molecular flexibility index (Phi) is 3.91. The molecular weight excluding hydrogens is 250 g/mol. The van der Waals surface area contributed by atoms with Gasteiger partial charge >= 0.3 is 0 Å². The molecule has 0 spiro atoms. The maximum Gasteiger partial charge on any atom is 0.288 e. The maximum absolute atomic E-state index is 11.4. The Morgan fingerprint density at radius 2 is 2.06 bits per heavy atom. The van der Waals surface area contributed by atoms with E-state index in [0.717, 1.165) is 23.1 Å². The summed E-state index contributed by atoms with van der Waals surface area (Å²) in [5.41, 5.74) is 2.38. The van der Waals surface area contributed by atoms with Crippen molar-refractivity contribution in [2.45, 2.75) is 13.8 Å². The summed E-state index contributed by atoms with van der Waals surface area (Å²) in [5.74, 6) is 0.890. The number of carbonyl (C=O) groups excluding carboxylic acids is 2. The summed E-state index contributed by atoms with van der Waals surface area (Å²) >= 11 is 1.05. The largest absolute Gasteiger partial charge is 0.492 e. The lowest BCUT2D eigenvalue weighted by Crippen LogP contribution is -2.32. The molecule has 96 valence electrons. The van der Waals surface area contributed by atoms with E-state index in [1.165, 1.54) is 10.5 Å². The molecular formula is C13H15NO3S. The van der Waals surface area contributed by atoms with Crippen molar-refractivity contribution in [1.82, 2.24) is 4.90 Å². The molecule has 1 fully saturated rings. The van der Waals surface area contributed by atoms with Crippen LogP contribution in [0, 0.1) is 13.8 Å². The van der Waals surface area contributed by atoms with Crippen LogP contribution in [0.1, 0.15) is 11.1 Å². The molecule has 2 rings (SSSR count). The Labute approximate surface area is 110 Å². The van der Waals surface area contributed by atoms with Crippen molar-refractivity contribution < 1.29 is 14.3 Å². The van der Waals surface area contributed by atoms with Crippen LogP contribution < -0.4 is 4.74 Å². The van der Waals surface area contributed by atoms with Crippen molar-refractivity contribution in [3.8, 4) is 5.75 Å². The Morgan fingerprint density at radius 1 is 1.28 bits per heavy atom. The molecule has 0 bridgehead atoms. The van der Waals surface area contributed by atoms with E-state index < -0.39 is 0 Å². The molecule has 18 heavy (non-hydrogen) atoms.